The highest BCUT2D eigenvalue weighted by molar-refractivity contribution is 9.10. The SMILES string of the molecule is COc1ccc(Br)cc1C(=O)Nc1ccc(C(=O)N2CCCCCC2)cc1. The molecule has 2 aromatic carbocycles. The molecule has 0 radical (unpaired) electrons. The van der Waals surface area contributed by atoms with E-state index in [1.807, 2.05) is 11.0 Å². The lowest BCUT2D eigenvalue weighted by atomic mass is 10.1. The van der Waals surface area contributed by atoms with E-state index in [-0.39, 0.29) is 11.8 Å². The normalized spacial score (nSPS) is 14.4. The van der Waals surface area contributed by atoms with Crippen molar-refractivity contribution in [1.29, 1.82) is 0 Å². The Bertz CT molecular complexity index is 813. The molecule has 142 valence electrons. The minimum Gasteiger partial charge on any atom is -0.496 e. The fraction of sp³-hybridized carbons (Fsp3) is 0.333. The summed E-state index contributed by atoms with van der Waals surface area (Å²) >= 11 is 3.37. The predicted octanol–water partition coefficient (Wildman–Crippen LogP) is 4.73. The molecule has 1 saturated heterocycles. The van der Waals surface area contributed by atoms with E-state index >= 15 is 0 Å². The summed E-state index contributed by atoms with van der Waals surface area (Å²) in [6.45, 7) is 1.64. The second-order valence-corrected chi connectivity index (χ2v) is 7.50. The van der Waals surface area contributed by atoms with Crippen LogP contribution >= 0.6 is 15.9 Å². The predicted molar refractivity (Wildman–Crippen MR) is 109 cm³/mol. The molecule has 1 N–H and O–H groups in total. The van der Waals surface area contributed by atoms with Crippen molar-refractivity contribution in [3.63, 3.8) is 0 Å². The van der Waals surface area contributed by atoms with Crippen molar-refractivity contribution in [1.82, 2.24) is 4.90 Å². The van der Waals surface area contributed by atoms with Crippen LogP contribution < -0.4 is 10.1 Å². The van der Waals surface area contributed by atoms with Crippen molar-refractivity contribution in [2.45, 2.75) is 25.7 Å². The van der Waals surface area contributed by atoms with Gasteiger partial charge in [0.05, 0.1) is 12.7 Å². The average Bonchev–Trinajstić information content (AvgIpc) is 2.97. The van der Waals surface area contributed by atoms with Crippen LogP contribution in [0.3, 0.4) is 0 Å². The first kappa shape index (κ1) is 19.4. The summed E-state index contributed by atoms with van der Waals surface area (Å²) in [5, 5.41) is 2.85. The van der Waals surface area contributed by atoms with Crippen molar-refractivity contribution >= 4 is 33.4 Å². The third-order valence-corrected chi connectivity index (χ3v) is 5.18. The molecule has 1 fully saturated rings. The maximum atomic E-state index is 12.6. The summed E-state index contributed by atoms with van der Waals surface area (Å²) in [6.07, 6.45) is 4.50. The molecule has 0 aliphatic carbocycles. The maximum Gasteiger partial charge on any atom is 0.259 e. The van der Waals surface area contributed by atoms with Gasteiger partial charge in [-0.1, -0.05) is 28.8 Å². The molecule has 2 aromatic rings. The first-order valence-electron chi connectivity index (χ1n) is 9.13. The smallest absolute Gasteiger partial charge is 0.259 e. The minimum atomic E-state index is -0.264. The number of halogens is 1. The largest absolute Gasteiger partial charge is 0.496 e. The van der Waals surface area contributed by atoms with E-state index < -0.39 is 0 Å². The Balaban J connectivity index is 1.69. The summed E-state index contributed by atoms with van der Waals surface area (Å²) in [7, 11) is 1.53. The van der Waals surface area contributed by atoms with E-state index in [0.717, 1.165) is 30.4 Å². The first-order valence-corrected chi connectivity index (χ1v) is 9.92. The number of rotatable bonds is 4. The Hall–Kier alpha value is -2.34. The number of hydrogen-bond donors (Lipinski definition) is 1. The quantitative estimate of drug-likeness (QED) is 0.762. The second-order valence-electron chi connectivity index (χ2n) is 6.58. The van der Waals surface area contributed by atoms with Crippen molar-refractivity contribution in [2.24, 2.45) is 0 Å². The third-order valence-electron chi connectivity index (χ3n) is 4.69. The minimum absolute atomic E-state index is 0.0587. The number of likely N-dealkylation sites (tertiary alicyclic amines) is 1. The Morgan fingerprint density at radius 2 is 1.67 bits per heavy atom. The van der Waals surface area contributed by atoms with Crippen LogP contribution in [0.1, 0.15) is 46.4 Å². The summed E-state index contributed by atoms with van der Waals surface area (Å²) in [6, 6.07) is 12.3. The van der Waals surface area contributed by atoms with E-state index in [0.29, 0.717) is 22.6 Å². The zero-order valence-electron chi connectivity index (χ0n) is 15.3. The van der Waals surface area contributed by atoms with Gasteiger partial charge in [-0.15, -0.1) is 0 Å². The molecule has 3 rings (SSSR count). The molecule has 1 aliphatic heterocycles. The Labute approximate surface area is 167 Å². The lowest BCUT2D eigenvalue weighted by Gasteiger charge is -2.20. The lowest BCUT2D eigenvalue weighted by Crippen LogP contribution is -2.31. The van der Waals surface area contributed by atoms with Gasteiger partial charge in [0.1, 0.15) is 5.75 Å². The van der Waals surface area contributed by atoms with Crippen LogP contribution in [0, 0.1) is 0 Å². The van der Waals surface area contributed by atoms with Gasteiger partial charge in [0.2, 0.25) is 0 Å². The van der Waals surface area contributed by atoms with Crippen molar-refractivity contribution in [3.8, 4) is 5.75 Å². The highest BCUT2D eigenvalue weighted by atomic mass is 79.9. The fourth-order valence-corrected chi connectivity index (χ4v) is 3.57. The third kappa shape index (κ3) is 4.89. The zero-order chi connectivity index (χ0) is 19.2. The van der Waals surface area contributed by atoms with Crippen LogP contribution in [0.25, 0.3) is 0 Å². The number of ether oxygens (including phenoxy) is 1. The summed E-state index contributed by atoms with van der Waals surface area (Å²) < 4.78 is 6.05. The molecule has 2 amide bonds. The number of carbonyl (C=O) groups is 2. The molecule has 27 heavy (non-hydrogen) atoms. The second kappa shape index (κ2) is 9.04. The molecule has 0 aromatic heterocycles. The van der Waals surface area contributed by atoms with Gasteiger partial charge in [-0.2, -0.15) is 0 Å². The first-order chi connectivity index (χ1) is 13.1. The molecule has 1 aliphatic rings. The van der Waals surface area contributed by atoms with Gasteiger partial charge in [-0.05, 0) is 55.3 Å². The standard InChI is InChI=1S/C21H23BrN2O3/c1-27-19-11-8-16(22)14-18(19)20(25)23-17-9-6-15(7-10-17)21(26)24-12-4-2-3-5-13-24/h6-11,14H,2-5,12-13H2,1H3,(H,23,25). The lowest BCUT2D eigenvalue weighted by molar-refractivity contribution is 0.0761. The van der Waals surface area contributed by atoms with E-state index in [2.05, 4.69) is 21.2 Å². The average molecular weight is 431 g/mol. The topological polar surface area (TPSA) is 58.6 Å². The number of nitrogens with zero attached hydrogens (tertiary/aromatic N) is 1. The maximum absolute atomic E-state index is 12.6. The van der Waals surface area contributed by atoms with Gasteiger partial charge >= 0.3 is 0 Å². The van der Waals surface area contributed by atoms with Gasteiger partial charge in [0, 0.05) is 28.8 Å². The molecular weight excluding hydrogens is 408 g/mol. The van der Waals surface area contributed by atoms with Crippen molar-refractivity contribution < 1.29 is 14.3 Å². The van der Waals surface area contributed by atoms with Gasteiger partial charge < -0.3 is 15.0 Å². The van der Waals surface area contributed by atoms with Crippen LogP contribution in [-0.4, -0.2) is 36.9 Å². The molecule has 5 nitrogen and oxygen atoms in total. The molecule has 0 unspecified atom stereocenters. The molecule has 0 bridgehead atoms. The van der Waals surface area contributed by atoms with Gasteiger partial charge in [0.15, 0.2) is 0 Å². The fourth-order valence-electron chi connectivity index (χ4n) is 3.21. The molecule has 6 heteroatoms. The highest BCUT2D eigenvalue weighted by Crippen LogP contribution is 2.24. The number of hydrogen-bond acceptors (Lipinski definition) is 3. The van der Waals surface area contributed by atoms with E-state index in [9.17, 15) is 9.59 Å². The van der Waals surface area contributed by atoms with Crippen LogP contribution in [-0.2, 0) is 0 Å². The summed E-state index contributed by atoms with van der Waals surface area (Å²) in [4.78, 5) is 27.1. The summed E-state index contributed by atoms with van der Waals surface area (Å²) in [5.41, 5.74) is 1.72. The van der Waals surface area contributed by atoms with Crippen molar-refractivity contribution in [2.75, 3.05) is 25.5 Å². The van der Waals surface area contributed by atoms with Crippen LogP contribution in [0.15, 0.2) is 46.9 Å². The number of methoxy groups -OCH3 is 1. The van der Waals surface area contributed by atoms with Gasteiger partial charge in [-0.3, -0.25) is 9.59 Å². The molecular formula is C21H23BrN2O3. The van der Waals surface area contributed by atoms with E-state index in [4.69, 9.17) is 4.74 Å². The molecule has 0 spiro atoms. The summed E-state index contributed by atoms with van der Waals surface area (Å²) in [5.74, 6) is 0.298. The highest BCUT2D eigenvalue weighted by Gasteiger charge is 2.18. The number of carbonyl (C=O) groups excluding carboxylic acids is 2. The van der Waals surface area contributed by atoms with Crippen LogP contribution in [0.2, 0.25) is 0 Å². The number of anilines is 1. The Morgan fingerprint density at radius 1 is 1.00 bits per heavy atom. The Kier molecular flexibility index (Phi) is 6.50. The van der Waals surface area contributed by atoms with Gasteiger partial charge in [0.25, 0.3) is 11.8 Å². The zero-order valence-corrected chi connectivity index (χ0v) is 16.9. The number of amides is 2. The molecule has 1 heterocycles. The number of benzene rings is 2. The van der Waals surface area contributed by atoms with E-state index in [1.165, 1.54) is 20.0 Å². The van der Waals surface area contributed by atoms with Gasteiger partial charge in [-0.25, -0.2) is 0 Å². The van der Waals surface area contributed by atoms with Crippen molar-refractivity contribution in [3.05, 3.63) is 58.1 Å². The molecule has 0 saturated carbocycles. The Morgan fingerprint density at radius 3 is 2.30 bits per heavy atom. The van der Waals surface area contributed by atoms with Crippen LogP contribution in [0.4, 0.5) is 5.69 Å². The monoisotopic (exact) mass is 430 g/mol. The number of nitrogens with one attached hydrogen (secondary N) is 1. The molecule has 0 atom stereocenters. The van der Waals surface area contributed by atoms with Crippen LogP contribution in [0.5, 0.6) is 5.75 Å². The van der Waals surface area contributed by atoms with E-state index in [1.54, 1.807) is 36.4 Å².